The molecule has 0 bridgehead atoms. The maximum absolute atomic E-state index is 13.7. The molecule has 3 aromatic carbocycles. The fourth-order valence-corrected chi connectivity index (χ4v) is 4.58. The third kappa shape index (κ3) is 7.08. The summed E-state index contributed by atoms with van der Waals surface area (Å²) in [5.74, 6) is -4.03. The van der Waals surface area contributed by atoms with E-state index in [1.54, 1.807) is 36.4 Å². The van der Waals surface area contributed by atoms with Gasteiger partial charge in [-0.2, -0.15) is 4.72 Å². The second-order valence-electron chi connectivity index (χ2n) is 7.57. The molecule has 184 valence electrons. The van der Waals surface area contributed by atoms with Crippen molar-refractivity contribution in [1.29, 1.82) is 0 Å². The summed E-state index contributed by atoms with van der Waals surface area (Å²) < 4.78 is 54.2. The molecule has 0 fully saturated rings. The van der Waals surface area contributed by atoms with Crippen molar-refractivity contribution < 1.29 is 31.9 Å². The Bertz CT molecular complexity index is 1320. The van der Waals surface area contributed by atoms with E-state index >= 15 is 0 Å². The van der Waals surface area contributed by atoms with E-state index in [9.17, 15) is 31.9 Å². The number of rotatable bonds is 10. The zero-order valence-electron chi connectivity index (χ0n) is 18.2. The number of nitrogens with one attached hydrogen (secondary N) is 2. The maximum Gasteiger partial charge on any atom is 0.321 e. The minimum atomic E-state index is -4.14. The molecule has 0 saturated heterocycles. The quantitative estimate of drug-likeness (QED) is 0.345. The van der Waals surface area contributed by atoms with E-state index in [0.29, 0.717) is 11.1 Å². The molecule has 3 aromatic rings. The molecule has 0 aliphatic heterocycles. The van der Waals surface area contributed by atoms with Crippen LogP contribution in [0.25, 0.3) is 11.1 Å². The summed E-state index contributed by atoms with van der Waals surface area (Å²) in [6.45, 7) is -0.0447. The van der Waals surface area contributed by atoms with Crippen LogP contribution in [-0.2, 0) is 14.8 Å². The van der Waals surface area contributed by atoms with Crippen LogP contribution in [0, 0.1) is 11.6 Å². The summed E-state index contributed by atoms with van der Waals surface area (Å²) >= 11 is 5.87. The lowest BCUT2D eigenvalue weighted by Gasteiger charge is -2.15. The Hall–Kier alpha value is -3.34. The van der Waals surface area contributed by atoms with E-state index in [1.807, 2.05) is 0 Å². The Morgan fingerprint density at radius 2 is 1.54 bits per heavy atom. The maximum atomic E-state index is 13.7. The lowest BCUT2D eigenvalue weighted by molar-refractivity contribution is -0.139. The van der Waals surface area contributed by atoms with Gasteiger partial charge in [-0.1, -0.05) is 35.9 Å². The highest BCUT2D eigenvalue weighted by Gasteiger charge is 2.25. The van der Waals surface area contributed by atoms with Gasteiger partial charge in [-0.05, 0) is 60.4 Å². The van der Waals surface area contributed by atoms with Gasteiger partial charge >= 0.3 is 5.97 Å². The Morgan fingerprint density at radius 3 is 2.11 bits per heavy atom. The van der Waals surface area contributed by atoms with Crippen molar-refractivity contribution in [3.63, 3.8) is 0 Å². The Labute approximate surface area is 205 Å². The van der Waals surface area contributed by atoms with Crippen molar-refractivity contribution in [2.45, 2.75) is 23.8 Å². The molecule has 0 aliphatic carbocycles. The molecular weight excluding hydrogens is 502 g/mol. The number of halogens is 3. The van der Waals surface area contributed by atoms with E-state index in [-0.39, 0.29) is 29.8 Å². The van der Waals surface area contributed by atoms with Gasteiger partial charge in [-0.15, -0.1) is 0 Å². The average Bonchev–Trinajstić information content (AvgIpc) is 2.81. The molecule has 0 aliphatic rings. The predicted molar refractivity (Wildman–Crippen MR) is 127 cm³/mol. The summed E-state index contributed by atoms with van der Waals surface area (Å²) in [6, 6.07) is 14.0. The zero-order valence-corrected chi connectivity index (χ0v) is 19.7. The first-order chi connectivity index (χ1) is 16.6. The summed E-state index contributed by atoms with van der Waals surface area (Å²) in [5, 5.41) is 12.4. The van der Waals surface area contributed by atoms with Gasteiger partial charge in [0.05, 0.1) is 10.5 Å². The van der Waals surface area contributed by atoms with E-state index in [0.717, 1.165) is 23.3 Å². The third-order valence-corrected chi connectivity index (χ3v) is 6.81. The van der Waals surface area contributed by atoms with E-state index in [2.05, 4.69) is 10.0 Å². The second kappa shape index (κ2) is 11.4. The van der Waals surface area contributed by atoms with Crippen LogP contribution in [0.2, 0.25) is 5.02 Å². The van der Waals surface area contributed by atoms with Crippen molar-refractivity contribution in [3.8, 4) is 11.1 Å². The van der Waals surface area contributed by atoms with Crippen LogP contribution < -0.4 is 10.0 Å². The van der Waals surface area contributed by atoms with Crippen molar-refractivity contribution in [3.05, 3.63) is 89.0 Å². The van der Waals surface area contributed by atoms with Crippen LogP contribution in [0.5, 0.6) is 0 Å². The van der Waals surface area contributed by atoms with Crippen LogP contribution in [0.15, 0.2) is 71.6 Å². The highest BCUT2D eigenvalue weighted by atomic mass is 35.5. The smallest absolute Gasteiger partial charge is 0.321 e. The standard InChI is InChI=1S/C24H21ClF2N2O5S/c25-17-7-3-15(4-8-17)16-5-10-19(11-6-16)35(33,34)29-22(24(31)32)2-1-13-28-23(30)20-12-9-18(26)14-21(20)27/h3-12,14,22,29H,1-2,13H2,(H,28,30)(H,31,32). The molecule has 0 radical (unpaired) electrons. The van der Waals surface area contributed by atoms with Crippen molar-refractivity contribution in [2.75, 3.05) is 6.54 Å². The molecule has 0 heterocycles. The molecule has 0 saturated carbocycles. The number of amides is 1. The summed E-state index contributed by atoms with van der Waals surface area (Å²) in [6.07, 6.45) is -0.0485. The first-order valence-corrected chi connectivity index (χ1v) is 12.3. The third-order valence-electron chi connectivity index (χ3n) is 5.07. The lowest BCUT2D eigenvalue weighted by atomic mass is 10.1. The van der Waals surface area contributed by atoms with Crippen LogP contribution in [0.4, 0.5) is 8.78 Å². The molecule has 3 rings (SSSR count). The van der Waals surface area contributed by atoms with E-state index < -0.39 is 39.6 Å². The fraction of sp³-hybridized carbons (Fsp3) is 0.167. The first-order valence-electron chi connectivity index (χ1n) is 10.4. The largest absolute Gasteiger partial charge is 0.480 e. The molecule has 0 aromatic heterocycles. The number of benzene rings is 3. The summed E-state index contributed by atoms with van der Waals surface area (Å²) in [4.78, 5) is 23.5. The number of aliphatic carboxylic acids is 1. The van der Waals surface area contributed by atoms with Crippen molar-refractivity contribution in [2.24, 2.45) is 0 Å². The molecule has 1 unspecified atom stereocenters. The van der Waals surface area contributed by atoms with Gasteiger partial charge in [-0.25, -0.2) is 17.2 Å². The Kier molecular flexibility index (Phi) is 8.55. The van der Waals surface area contributed by atoms with Crippen LogP contribution in [-0.4, -0.2) is 38.0 Å². The SMILES string of the molecule is O=C(NCCCC(NS(=O)(=O)c1ccc(-c2ccc(Cl)cc2)cc1)C(=O)O)c1ccc(F)cc1F. The van der Waals surface area contributed by atoms with Gasteiger partial charge in [0.2, 0.25) is 10.0 Å². The minimum absolute atomic E-state index is 0.0447. The van der Waals surface area contributed by atoms with Crippen LogP contribution >= 0.6 is 11.6 Å². The Balaban J connectivity index is 1.58. The molecule has 1 atom stereocenters. The number of hydrogen-bond acceptors (Lipinski definition) is 4. The summed E-state index contributed by atoms with van der Waals surface area (Å²) in [5.41, 5.74) is 1.23. The number of carboxylic acid groups (broad SMARTS) is 1. The van der Waals surface area contributed by atoms with E-state index in [4.69, 9.17) is 11.6 Å². The fourth-order valence-electron chi connectivity index (χ4n) is 3.23. The average molecular weight is 523 g/mol. The molecule has 0 spiro atoms. The van der Waals surface area contributed by atoms with Gasteiger partial charge in [-0.3, -0.25) is 9.59 Å². The van der Waals surface area contributed by atoms with Gasteiger partial charge in [0.15, 0.2) is 0 Å². The molecule has 35 heavy (non-hydrogen) atoms. The minimum Gasteiger partial charge on any atom is -0.480 e. The monoisotopic (exact) mass is 522 g/mol. The van der Waals surface area contributed by atoms with Crippen molar-refractivity contribution in [1.82, 2.24) is 10.0 Å². The normalized spacial score (nSPS) is 12.2. The summed E-state index contributed by atoms with van der Waals surface area (Å²) in [7, 11) is -4.14. The predicted octanol–water partition coefficient (Wildman–Crippen LogP) is 4.23. The second-order valence-corrected chi connectivity index (χ2v) is 9.72. The highest BCUT2D eigenvalue weighted by Crippen LogP contribution is 2.23. The van der Waals surface area contributed by atoms with E-state index in [1.165, 1.54) is 12.1 Å². The topological polar surface area (TPSA) is 113 Å². The van der Waals surface area contributed by atoms with Crippen molar-refractivity contribution >= 4 is 33.5 Å². The van der Waals surface area contributed by atoms with Gasteiger partial charge in [0, 0.05) is 17.6 Å². The number of carboxylic acids is 1. The van der Waals surface area contributed by atoms with Crippen LogP contribution in [0.1, 0.15) is 23.2 Å². The zero-order chi connectivity index (χ0) is 25.6. The number of carbonyl (C=O) groups excluding carboxylic acids is 1. The Morgan fingerprint density at radius 1 is 0.943 bits per heavy atom. The molecule has 3 N–H and O–H groups in total. The molecule has 1 amide bonds. The highest BCUT2D eigenvalue weighted by molar-refractivity contribution is 7.89. The van der Waals surface area contributed by atoms with Gasteiger partial charge < -0.3 is 10.4 Å². The van der Waals surface area contributed by atoms with Gasteiger partial charge in [0.1, 0.15) is 17.7 Å². The number of carbonyl (C=O) groups is 2. The number of sulfonamides is 1. The van der Waals surface area contributed by atoms with Crippen LogP contribution in [0.3, 0.4) is 0 Å². The first kappa shape index (κ1) is 26.3. The number of hydrogen-bond donors (Lipinski definition) is 3. The van der Waals surface area contributed by atoms with Gasteiger partial charge in [0.25, 0.3) is 5.91 Å². The lowest BCUT2D eigenvalue weighted by Crippen LogP contribution is -2.41. The molecular formula is C24H21ClF2N2O5S. The molecule has 11 heteroatoms. The molecule has 7 nitrogen and oxygen atoms in total.